The van der Waals surface area contributed by atoms with Gasteiger partial charge >= 0.3 is 0 Å². The minimum Gasteiger partial charge on any atom is -0.336 e. The Morgan fingerprint density at radius 1 is 1.15 bits per heavy atom. The van der Waals surface area contributed by atoms with Crippen molar-refractivity contribution in [3.05, 3.63) is 11.6 Å². The van der Waals surface area contributed by atoms with Crippen LogP contribution in [0.15, 0.2) is 0 Å². The van der Waals surface area contributed by atoms with Crippen LogP contribution in [-0.2, 0) is 19.1 Å². The Kier molecular flexibility index (Phi) is 4.69. The van der Waals surface area contributed by atoms with E-state index in [1.807, 2.05) is 35.2 Å². The molecule has 0 saturated carbocycles. The van der Waals surface area contributed by atoms with E-state index < -0.39 is 0 Å². The maximum atomic E-state index is 4.15. The Morgan fingerprint density at radius 3 is 2.30 bits per heavy atom. The van der Waals surface area contributed by atoms with E-state index in [1.54, 1.807) is 0 Å². The van der Waals surface area contributed by atoms with Gasteiger partial charge in [-0.05, 0) is 38.1 Å². The lowest BCUT2D eigenvalue weighted by Gasteiger charge is -2.22. The van der Waals surface area contributed by atoms with Gasteiger partial charge in [0.05, 0.1) is 12.1 Å². The smallest absolute Gasteiger partial charge is 0.227 e. The van der Waals surface area contributed by atoms with Crippen molar-refractivity contribution in [3.8, 4) is 0 Å². The van der Waals surface area contributed by atoms with Crippen LogP contribution >= 0.6 is 12.4 Å². The molecule has 2 rings (SSSR count). The zero-order chi connectivity index (χ0) is 14.2. The van der Waals surface area contributed by atoms with Crippen LogP contribution in [0.3, 0.4) is 0 Å². The maximum Gasteiger partial charge on any atom is 0.227 e. The summed E-state index contributed by atoms with van der Waals surface area (Å²) in [6.45, 7) is 8.71. The molecule has 0 atom stereocenters. The van der Waals surface area contributed by atoms with Crippen molar-refractivity contribution in [1.29, 1.82) is 0 Å². The number of hydrogen-bond donors (Lipinski definition) is 0. The van der Waals surface area contributed by atoms with Gasteiger partial charge < -0.3 is 9.47 Å². The van der Waals surface area contributed by atoms with Crippen LogP contribution in [0.1, 0.15) is 32.4 Å². The fourth-order valence-corrected chi connectivity index (χ4v) is 1.84. The molecule has 2 aromatic heterocycles. The molecule has 9 heteroatoms. The molecule has 0 unspecified atom stereocenters. The molecule has 0 N–H and O–H groups in total. The monoisotopic (exact) mass is 300 g/mol. The Morgan fingerprint density at radius 2 is 1.80 bits per heavy atom. The number of aromatic nitrogens is 7. The standard InChI is InChI=1S/C11H20N8.ClH/c1-8-12-14-10(18(8)6)17(5)7-9-13-15-16-19(9)11(2,3)4;/h7H2,1-6H3;1H. The molecule has 0 aliphatic heterocycles. The number of hydrogen-bond acceptors (Lipinski definition) is 6. The summed E-state index contributed by atoms with van der Waals surface area (Å²) in [5.74, 6) is 2.47. The molecule has 0 spiro atoms. The first-order valence-corrected chi connectivity index (χ1v) is 6.15. The lowest BCUT2D eigenvalue weighted by Crippen LogP contribution is -2.29. The molecule has 112 valence electrons. The first-order chi connectivity index (χ1) is 8.80. The molecule has 0 aromatic carbocycles. The Hall–Kier alpha value is -1.70. The third-order valence-electron chi connectivity index (χ3n) is 2.96. The Labute approximate surface area is 124 Å². The summed E-state index contributed by atoms with van der Waals surface area (Å²) in [7, 11) is 3.89. The highest BCUT2D eigenvalue weighted by Crippen LogP contribution is 2.16. The molecular weight excluding hydrogens is 280 g/mol. The molecule has 20 heavy (non-hydrogen) atoms. The number of rotatable bonds is 3. The quantitative estimate of drug-likeness (QED) is 0.839. The molecule has 0 aliphatic rings. The van der Waals surface area contributed by atoms with Gasteiger partial charge in [-0.25, -0.2) is 4.68 Å². The van der Waals surface area contributed by atoms with Gasteiger partial charge in [0.2, 0.25) is 5.95 Å². The van der Waals surface area contributed by atoms with Crippen LogP contribution in [0.5, 0.6) is 0 Å². The number of tetrazole rings is 1. The van der Waals surface area contributed by atoms with Crippen LogP contribution < -0.4 is 4.90 Å². The molecule has 8 nitrogen and oxygen atoms in total. The minimum absolute atomic E-state index is 0. The zero-order valence-electron chi connectivity index (χ0n) is 12.7. The lowest BCUT2D eigenvalue weighted by molar-refractivity contribution is 0.334. The SMILES string of the molecule is Cc1nnc(N(C)Cc2nnnn2C(C)(C)C)n1C.Cl. The molecule has 2 heterocycles. The predicted octanol–water partition coefficient (Wildman–Crippen LogP) is 0.923. The van der Waals surface area contributed by atoms with E-state index >= 15 is 0 Å². The second-order valence-electron chi connectivity index (χ2n) is 5.64. The normalized spacial score (nSPS) is 11.3. The average Bonchev–Trinajstić information content (AvgIpc) is 2.87. The van der Waals surface area contributed by atoms with Crippen molar-refractivity contribution in [2.45, 2.75) is 39.8 Å². The van der Waals surface area contributed by atoms with Gasteiger partial charge in [-0.1, -0.05) is 0 Å². The van der Waals surface area contributed by atoms with E-state index in [0.717, 1.165) is 17.6 Å². The summed E-state index contributed by atoms with van der Waals surface area (Å²) in [5.41, 5.74) is -0.143. The minimum atomic E-state index is -0.143. The molecule has 0 aliphatic carbocycles. The summed E-state index contributed by atoms with van der Waals surface area (Å²) < 4.78 is 3.76. The van der Waals surface area contributed by atoms with Gasteiger partial charge in [-0.2, -0.15) is 0 Å². The number of anilines is 1. The average molecular weight is 301 g/mol. The van der Waals surface area contributed by atoms with E-state index in [4.69, 9.17) is 0 Å². The second-order valence-corrected chi connectivity index (χ2v) is 5.64. The number of halogens is 1. The van der Waals surface area contributed by atoms with Crippen LogP contribution in [0.4, 0.5) is 5.95 Å². The van der Waals surface area contributed by atoms with Gasteiger partial charge in [0.1, 0.15) is 5.82 Å². The van der Waals surface area contributed by atoms with Crippen LogP contribution in [0, 0.1) is 6.92 Å². The molecule has 2 aromatic rings. The fraction of sp³-hybridized carbons (Fsp3) is 0.727. The Balaban J connectivity index is 0.00000200. The van der Waals surface area contributed by atoms with E-state index in [9.17, 15) is 0 Å². The number of aryl methyl sites for hydroxylation is 1. The molecular formula is C11H21ClN8. The van der Waals surface area contributed by atoms with Gasteiger partial charge in [-0.3, -0.25) is 0 Å². The summed E-state index contributed by atoms with van der Waals surface area (Å²) in [6, 6.07) is 0. The number of nitrogens with zero attached hydrogens (tertiary/aromatic N) is 8. The van der Waals surface area contributed by atoms with Crippen molar-refractivity contribution in [3.63, 3.8) is 0 Å². The van der Waals surface area contributed by atoms with Crippen LogP contribution in [-0.4, -0.2) is 42.0 Å². The third-order valence-corrected chi connectivity index (χ3v) is 2.96. The maximum absolute atomic E-state index is 4.15. The van der Waals surface area contributed by atoms with Crippen molar-refractivity contribution < 1.29 is 0 Å². The van der Waals surface area contributed by atoms with E-state index in [-0.39, 0.29) is 17.9 Å². The van der Waals surface area contributed by atoms with E-state index in [2.05, 4.69) is 46.5 Å². The third kappa shape index (κ3) is 3.06. The first kappa shape index (κ1) is 16.4. The topological polar surface area (TPSA) is 77.6 Å². The molecule has 0 fully saturated rings. The predicted molar refractivity (Wildman–Crippen MR) is 77.9 cm³/mol. The first-order valence-electron chi connectivity index (χ1n) is 6.15. The summed E-state index contributed by atoms with van der Waals surface area (Å²) >= 11 is 0. The van der Waals surface area contributed by atoms with Gasteiger partial charge in [0.25, 0.3) is 0 Å². The highest BCUT2D eigenvalue weighted by molar-refractivity contribution is 5.85. The second kappa shape index (κ2) is 5.74. The summed E-state index contributed by atoms with van der Waals surface area (Å²) in [4.78, 5) is 1.98. The fourth-order valence-electron chi connectivity index (χ4n) is 1.84. The molecule has 0 radical (unpaired) electrons. The molecule has 0 amide bonds. The summed E-state index contributed by atoms with van der Waals surface area (Å²) in [5, 5.41) is 20.1. The highest BCUT2D eigenvalue weighted by Gasteiger charge is 2.21. The van der Waals surface area contributed by atoms with Crippen molar-refractivity contribution >= 4 is 18.4 Å². The van der Waals surface area contributed by atoms with E-state index in [0.29, 0.717) is 6.54 Å². The van der Waals surface area contributed by atoms with Crippen molar-refractivity contribution in [2.75, 3.05) is 11.9 Å². The molecule has 0 saturated heterocycles. The van der Waals surface area contributed by atoms with E-state index in [1.165, 1.54) is 0 Å². The van der Waals surface area contributed by atoms with Crippen molar-refractivity contribution in [1.82, 2.24) is 35.0 Å². The summed E-state index contributed by atoms with van der Waals surface area (Å²) in [6.07, 6.45) is 0. The van der Waals surface area contributed by atoms with Gasteiger partial charge in [0, 0.05) is 14.1 Å². The van der Waals surface area contributed by atoms with Crippen molar-refractivity contribution in [2.24, 2.45) is 7.05 Å². The molecule has 0 bridgehead atoms. The highest BCUT2D eigenvalue weighted by atomic mass is 35.5. The van der Waals surface area contributed by atoms with Gasteiger partial charge in [0.15, 0.2) is 5.82 Å². The van der Waals surface area contributed by atoms with Crippen LogP contribution in [0.25, 0.3) is 0 Å². The largest absolute Gasteiger partial charge is 0.336 e. The van der Waals surface area contributed by atoms with Crippen LogP contribution in [0.2, 0.25) is 0 Å². The lowest BCUT2D eigenvalue weighted by atomic mass is 10.1. The zero-order valence-corrected chi connectivity index (χ0v) is 13.5. The van der Waals surface area contributed by atoms with Gasteiger partial charge in [-0.15, -0.1) is 27.7 Å². The Bertz CT molecular complexity index is 567.